The van der Waals surface area contributed by atoms with Gasteiger partial charge in [-0.15, -0.1) is 10.2 Å². The van der Waals surface area contributed by atoms with Gasteiger partial charge in [-0.25, -0.2) is 0 Å². The summed E-state index contributed by atoms with van der Waals surface area (Å²) in [5.74, 6) is 2.18. The number of tetrazole rings is 1. The topological polar surface area (TPSA) is 54.5 Å². The summed E-state index contributed by atoms with van der Waals surface area (Å²) in [6.07, 6.45) is 3.83. The highest BCUT2D eigenvalue weighted by atomic mass is 15.5. The second-order valence-electron chi connectivity index (χ2n) is 3.28. The number of aromatic amines is 1. The average Bonchev–Trinajstić information content (AvgIpc) is 2.55. The second kappa shape index (κ2) is 2.60. The third-order valence-electron chi connectivity index (χ3n) is 2.55. The maximum atomic E-state index is 4.00. The van der Waals surface area contributed by atoms with E-state index < -0.39 is 0 Å². The minimum absolute atomic E-state index is 0.550. The Morgan fingerprint density at radius 3 is 2.91 bits per heavy atom. The molecule has 0 spiro atoms. The van der Waals surface area contributed by atoms with Gasteiger partial charge in [0.2, 0.25) is 0 Å². The van der Waals surface area contributed by atoms with Gasteiger partial charge in [0.15, 0.2) is 5.82 Å². The fourth-order valence-corrected chi connectivity index (χ4v) is 1.86. The Hall–Kier alpha value is -0.930. The van der Waals surface area contributed by atoms with Gasteiger partial charge in [-0.3, -0.25) is 0 Å². The molecule has 2 rings (SSSR count). The summed E-state index contributed by atoms with van der Waals surface area (Å²) in [7, 11) is 0. The molecular weight excluding hydrogens is 140 g/mol. The zero-order valence-electron chi connectivity index (χ0n) is 6.62. The molecule has 4 nitrogen and oxygen atoms in total. The normalized spacial score (nSPS) is 31.0. The van der Waals surface area contributed by atoms with Crippen molar-refractivity contribution in [3.63, 3.8) is 0 Å². The Balaban J connectivity index is 2.16. The Morgan fingerprint density at radius 2 is 2.36 bits per heavy atom. The highest BCUT2D eigenvalue weighted by Gasteiger charge is 2.27. The molecule has 0 radical (unpaired) electrons. The van der Waals surface area contributed by atoms with Crippen molar-refractivity contribution in [2.24, 2.45) is 5.92 Å². The molecule has 1 aromatic rings. The van der Waals surface area contributed by atoms with Gasteiger partial charge in [-0.05, 0) is 18.8 Å². The van der Waals surface area contributed by atoms with Gasteiger partial charge in [-0.2, -0.15) is 5.21 Å². The van der Waals surface area contributed by atoms with Crippen molar-refractivity contribution in [2.75, 3.05) is 0 Å². The van der Waals surface area contributed by atoms with E-state index in [4.69, 9.17) is 0 Å². The summed E-state index contributed by atoms with van der Waals surface area (Å²) in [6, 6.07) is 0. The van der Waals surface area contributed by atoms with Crippen molar-refractivity contribution in [2.45, 2.75) is 32.1 Å². The molecule has 0 saturated heterocycles. The van der Waals surface area contributed by atoms with Crippen LogP contribution in [0.5, 0.6) is 0 Å². The molecule has 1 fully saturated rings. The van der Waals surface area contributed by atoms with Crippen molar-refractivity contribution in [3.05, 3.63) is 5.82 Å². The summed E-state index contributed by atoms with van der Waals surface area (Å²) in [6.45, 7) is 2.26. The molecule has 1 N–H and O–H groups in total. The molecule has 0 aromatic carbocycles. The van der Waals surface area contributed by atoms with Crippen LogP contribution in [0.3, 0.4) is 0 Å². The molecule has 4 heteroatoms. The SMILES string of the molecule is C[C@H]1CCC[C@H]1c1nn[nH]n1. The van der Waals surface area contributed by atoms with Crippen LogP contribution in [-0.4, -0.2) is 20.6 Å². The first-order valence-corrected chi connectivity index (χ1v) is 4.11. The molecule has 1 saturated carbocycles. The van der Waals surface area contributed by atoms with Crippen molar-refractivity contribution < 1.29 is 0 Å². The van der Waals surface area contributed by atoms with E-state index in [1.807, 2.05) is 0 Å². The maximum Gasteiger partial charge on any atom is 0.177 e. The zero-order chi connectivity index (χ0) is 7.68. The van der Waals surface area contributed by atoms with Crippen molar-refractivity contribution in [1.29, 1.82) is 0 Å². The molecule has 60 valence electrons. The first kappa shape index (κ1) is 6.76. The van der Waals surface area contributed by atoms with E-state index in [9.17, 15) is 0 Å². The number of hydrogen-bond donors (Lipinski definition) is 1. The Labute approximate surface area is 65.4 Å². The van der Waals surface area contributed by atoms with Gasteiger partial charge in [-0.1, -0.05) is 18.6 Å². The lowest BCUT2D eigenvalue weighted by molar-refractivity contribution is 0.510. The third-order valence-corrected chi connectivity index (χ3v) is 2.55. The van der Waals surface area contributed by atoms with Gasteiger partial charge in [0.1, 0.15) is 0 Å². The number of hydrogen-bond acceptors (Lipinski definition) is 3. The van der Waals surface area contributed by atoms with E-state index in [2.05, 4.69) is 27.5 Å². The van der Waals surface area contributed by atoms with Crippen LogP contribution in [0, 0.1) is 5.92 Å². The second-order valence-corrected chi connectivity index (χ2v) is 3.28. The van der Waals surface area contributed by atoms with E-state index in [-0.39, 0.29) is 0 Å². The summed E-state index contributed by atoms with van der Waals surface area (Å²) >= 11 is 0. The first-order valence-electron chi connectivity index (χ1n) is 4.11. The zero-order valence-corrected chi connectivity index (χ0v) is 6.62. The van der Waals surface area contributed by atoms with Crippen LogP contribution in [0.4, 0.5) is 0 Å². The molecule has 0 aliphatic heterocycles. The first-order chi connectivity index (χ1) is 5.38. The van der Waals surface area contributed by atoms with Crippen LogP contribution in [0.2, 0.25) is 0 Å². The quantitative estimate of drug-likeness (QED) is 0.655. The van der Waals surface area contributed by atoms with E-state index in [0.29, 0.717) is 5.92 Å². The molecule has 2 atom stereocenters. The number of nitrogens with one attached hydrogen (secondary N) is 1. The summed E-state index contributed by atoms with van der Waals surface area (Å²) in [5.41, 5.74) is 0. The number of H-pyrrole nitrogens is 1. The van der Waals surface area contributed by atoms with E-state index >= 15 is 0 Å². The monoisotopic (exact) mass is 152 g/mol. The maximum absolute atomic E-state index is 4.00. The molecule has 1 aliphatic carbocycles. The van der Waals surface area contributed by atoms with Crippen LogP contribution in [0.1, 0.15) is 37.9 Å². The minimum Gasteiger partial charge on any atom is -0.177 e. The molecule has 11 heavy (non-hydrogen) atoms. The van der Waals surface area contributed by atoms with E-state index in [1.54, 1.807) is 0 Å². The molecule has 1 aliphatic rings. The van der Waals surface area contributed by atoms with Crippen LogP contribution in [0.15, 0.2) is 0 Å². The Morgan fingerprint density at radius 1 is 1.45 bits per heavy atom. The van der Waals surface area contributed by atoms with Gasteiger partial charge < -0.3 is 0 Å². The summed E-state index contributed by atoms with van der Waals surface area (Å²) in [5, 5.41) is 14.1. The van der Waals surface area contributed by atoms with Crippen molar-refractivity contribution in [3.8, 4) is 0 Å². The molecule has 0 amide bonds. The largest absolute Gasteiger partial charge is 0.177 e. The molecule has 1 heterocycles. The highest BCUT2D eigenvalue weighted by Crippen LogP contribution is 2.36. The fourth-order valence-electron chi connectivity index (χ4n) is 1.86. The third kappa shape index (κ3) is 1.13. The van der Waals surface area contributed by atoms with Gasteiger partial charge >= 0.3 is 0 Å². The standard InChI is InChI=1S/C7H12N4/c1-5-3-2-4-6(5)7-8-10-11-9-7/h5-6H,2-4H2,1H3,(H,8,9,10,11)/t5-,6+/m0/s1. The van der Waals surface area contributed by atoms with Gasteiger partial charge in [0, 0.05) is 5.92 Å². The Bertz CT molecular complexity index is 218. The van der Waals surface area contributed by atoms with Gasteiger partial charge in [0.05, 0.1) is 0 Å². The van der Waals surface area contributed by atoms with Crippen LogP contribution in [-0.2, 0) is 0 Å². The Kier molecular flexibility index (Phi) is 1.60. The average molecular weight is 152 g/mol. The lowest BCUT2D eigenvalue weighted by atomic mass is 9.98. The predicted octanol–water partition coefficient (Wildman–Crippen LogP) is 1.10. The van der Waals surface area contributed by atoms with E-state index in [1.165, 1.54) is 19.3 Å². The van der Waals surface area contributed by atoms with E-state index in [0.717, 1.165) is 11.7 Å². The lowest BCUT2D eigenvalue weighted by Crippen LogP contribution is -2.03. The smallest absolute Gasteiger partial charge is 0.177 e. The van der Waals surface area contributed by atoms with Crippen LogP contribution in [0.25, 0.3) is 0 Å². The van der Waals surface area contributed by atoms with Crippen LogP contribution < -0.4 is 0 Å². The molecular formula is C7H12N4. The highest BCUT2D eigenvalue weighted by molar-refractivity contribution is 4.96. The lowest BCUT2D eigenvalue weighted by Gasteiger charge is -2.08. The summed E-state index contributed by atoms with van der Waals surface area (Å²) in [4.78, 5) is 0. The van der Waals surface area contributed by atoms with Crippen molar-refractivity contribution >= 4 is 0 Å². The number of aromatic nitrogens is 4. The fraction of sp³-hybridized carbons (Fsp3) is 0.857. The van der Waals surface area contributed by atoms with Crippen LogP contribution >= 0.6 is 0 Å². The minimum atomic E-state index is 0.550. The molecule has 0 bridgehead atoms. The van der Waals surface area contributed by atoms with Gasteiger partial charge in [0.25, 0.3) is 0 Å². The predicted molar refractivity (Wildman–Crippen MR) is 39.9 cm³/mol. The summed E-state index contributed by atoms with van der Waals surface area (Å²) < 4.78 is 0. The molecule has 0 unspecified atom stereocenters. The van der Waals surface area contributed by atoms with Crippen molar-refractivity contribution in [1.82, 2.24) is 20.6 Å². The molecule has 1 aromatic heterocycles. The number of rotatable bonds is 1. The number of nitrogens with zero attached hydrogens (tertiary/aromatic N) is 3.